The molecule has 0 spiro atoms. The fourth-order valence-electron chi connectivity index (χ4n) is 1.61. The minimum absolute atomic E-state index is 0.404. The molecular formula is C14H17IN2O2. The Bertz CT molecular complexity index is 514. The Hall–Kier alpha value is -1.08. The predicted molar refractivity (Wildman–Crippen MR) is 82.0 cm³/mol. The van der Waals surface area contributed by atoms with Gasteiger partial charge in [-0.15, -0.1) is 0 Å². The molecule has 0 saturated heterocycles. The van der Waals surface area contributed by atoms with Gasteiger partial charge >= 0.3 is 0 Å². The van der Waals surface area contributed by atoms with E-state index >= 15 is 0 Å². The Morgan fingerprint density at radius 1 is 1.37 bits per heavy atom. The Kier molecular flexibility index (Phi) is 5.65. The summed E-state index contributed by atoms with van der Waals surface area (Å²) in [6.45, 7) is 4.26. The molecule has 19 heavy (non-hydrogen) atoms. The quantitative estimate of drug-likeness (QED) is 0.598. The molecule has 1 aromatic carbocycles. The lowest BCUT2D eigenvalue weighted by Gasteiger charge is -2.03. The smallest absolute Gasteiger partial charge is 0.174 e. The number of benzene rings is 1. The lowest BCUT2D eigenvalue weighted by atomic mass is 10.3. The maximum atomic E-state index is 5.65. The van der Waals surface area contributed by atoms with Crippen LogP contribution >= 0.6 is 22.6 Å². The zero-order valence-electron chi connectivity index (χ0n) is 10.9. The van der Waals surface area contributed by atoms with Gasteiger partial charge in [0, 0.05) is 16.2 Å². The summed E-state index contributed by atoms with van der Waals surface area (Å²) < 4.78 is 12.0. The van der Waals surface area contributed by atoms with E-state index in [2.05, 4.69) is 40.0 Å². The number of nitrogens with zero attached hydrogens (tertiary/aromatic N) is 1. The first-order valence-corrected chi connectivity index (χ1v) is 7.39. The molecule has 2 aromatic rings. The minimum atomic E-state index is 0.404. The van der Waals surface area contributed by atoms with Crippen molar-refractivity contribution < 1.29 is 9.26 Å². The molecule has 4 nitrogen and oxygen atoms in total. The first-order valence-electron chi connectivity index (χ1n) is 6.31. The molecule has 0 radical (unpaired) electrons. The van der Waals surface area contributed by atoms with Crippen molar-refractivity contribution >= 4 is 22.6 Å². The SMILES string of the molecule is CCCNCc1cc(COc2cccc(I)c2)on1. The molecule has 0 saturated carbocycles. The largest absolute Gasteiger partial charge is 0.486 e. The molecule has 0 aliphatic rings. The molecule has 0 atom stereocenters. The number of rotatable bonds is 7. The number of aromatic nitrogens is 1. The molecular weight excluding hydrogens is 355 g/mol. The lowest BCUT2D eigenvalue weighted by molar-refractivity contribution is 0.248. The van der Waals surface area contributed by atoms with Crippen molar-refractivity contribution in [2.24, 2.45) is 0 Å². The molecule has 0 unspecified atom stereocenters. The van der Waals surface area contributed by atoms with Crippen LogP contribution in [0.1, 0.15) is 24.8 Å². The van der Waals surface area contributed by atoms with Gasteiger partial charge in [-0.05, 0) is 53.8 Å². The first kappa shape index (κ1) is 14.3. The monoisotopic (exact) mass is 372 g/mol. The van der Waals surface area contributed by atoms with Gasteiger partial charge in [0.1, 0.15) is 12.4 Å². The lowest BCUT2D eigenvalue weighted by Crippen LogP contribution is -2.13. The normalized spacial score (nSPS) is 10.6. The van der Waals surface area contributed by atoms with E-state index < -0.39 is 0 Å². The third-order valence-electron chi connectivity index (χ3n) is 2.52. The molecule has 1 N–H and O–H groups in total. The Morgan fingerprint density at radius 3 is 3.05 bits per heavy atom. The van der Waals surface area contributed by atoms with Gasteiger partial charge in [0.15, 0.2) is 5.76 Å². The highest BCUT2D eigenvalue weighted by Gasteiger charge is 2.05. The summed E-state index contributed by atoms with van der Waals surface area (Å²) in [7, 11) is 0. The molecule has 0 aliphatic carbocycles. The summed E-state index contributed by atoms with van der Waals surface area (Å²) in [4.78, 5) is 0. The molecule has 0 bridgehead atoms. The summed E-state index contributed by atoms with van der Waals surface area (Å²) in [6, 6.07) is 9.84. The van der Waals surface area contributed by atoms with E-state index in [4.69, 9.17) is 9.26 Å². The van der Waals surface area contributed by atoms with Gasteiger partial charge in [0.2, 0.25) is 0 Å². The minimum Gasteiger partial charge on any atom is -0.486 e. The predicted octanol–water partition coefficient (Wildman–Crippen LogP) is 3.36. The van der Waals surface area contributed by atoms with Crippen molar-refractivity contribution in [2.75, 3.05) is 6.54 Å². The van der Waals surface area contributed by atoms with Crippen molar-refractivity contribution in [3.63, 3.8) is 0 Å². The number of hydrogen-bond donors (Lipinski definition) is 1. The van der Waals surface area contributed by atoms with Crippen LogP contribution in [0.5, 0.6) is 5.75 Å². The molecule has 0 amide bonds. The van der Waals surface area contributed by atoms with E-state index in [0.29, 0.717) is 6.61 Å². The standard InChI is InChI=1S/C14H17IN2O2/c1-2-6-16-9-12-8-14(19-17-12)10-18-13-5-3-4-11(15)7-13/h3-5,7-8,16H,2,6,9-10H2,1H3. The summed E-state index contributed by atoms with van der Waals surface area (Å²) in [5, 5.41) is 7.28. The van der Waals surface area contributed by atoms with Crippen molar-refractivity contribution in [1.29, 1.82) is 0 Å². The topological polar surface area (TPSA) is 47.3 Å². The van der Waals surface area contributed by atoms with E-state index in [1.165, 1.54) is 0 Å². The Balaban J connectivity index is 1.83. The fraction of sp³-hybridized carbons (Fsp3) is 0.357. The van der Waals surface area contributed by atoms with E-state index in [1.807, 2.05) is 30.3 Å². The summed E-state index contributed by atoms with van der Waals surface area (Å²) in [5.74, 6) is 1.58. The van der Waals surface area contributed by atoms with E-state index in [-0.39, 0.29) is 0 Å². The maximum Gasteiger partial charge on any atom is 0.174 e. The zero-order valence-corrected chi connectivity index (χ0v) is 13.0. The summed E-state index contributed by atoms with van der Waals surface area (Å²) >= 11 is 2.26. The van der Waals surface area contributed by atoms with Crippen LogP contribution in [-0.4, -0.2) is 11.7 Å². The average molecular weight is 372 g/mol. The van der Waals surface area contributed by atoms with E-state index in [1.54, 1.807) is 0 Å². The van der Waals surface area contributed by atoms with Gasteiger partial charge in [-0.25, -0.2) is 0 Å². The van der Waals surface area contributed by atoms with Crippen LogP contribution in [0.4, 0.5) is 0 Å². The molecule has 0 fully saturated rings. The molecule has 0 aliphatic heterocycles. The number of halogens is 1. The maximum absolute atomic E-state index is 5.65. The first-order chi connectivity index (χ1) is 9.28. The van der Waals surface area contributed by atoms with Gasteiger partial charge in [0.05, 0.1) is 5.69 Å². The van der Waals surface area contributed by atoms with Crippen LogP contribution in [0.3, 0.4) is 0 Å². The Labute approximate surface area is 126 Å². The van der Waals surface area contributed by atoms with Crippen molar-refractivity contribution in [2.45, 2.75) is 26.5 Å². The highest BCUT2D eigenvalue weighted by molar-refractivity contribution is 14.1. The van der Waals surface area contributed by atoms with Gasteiger partial charge < -0.3 is 14.6 Å². The fourth-order valence-corrected chi connectivity index (χ4v) is 2.13. The summed E-state index contributed by atoms with van der Waals surface area (Å²) in [5.41, 5.74) is 0.912. The zero-order chi connectivity index (χ0) is 13.5. The van der Waals surface area contributed by atoms with Crippen LogP contribution in [0, 0.1) is 3.57 Å². The highest BCUT2D eigenvalue weighted by Crippen LogP contribution is 2.16. The van der Waals surface area contributed by atoms with Crippen molar-refractivity contribution in [1.82, 2.24) is 10.5 Å². The Morgan fingerprint density at radius 2 is 2.26 bits per heavy atom. The third kappa shape index (κ3) is 4.83. The van der Waals surface area contributed by atoms with Crippen molar-refractivity contribution in [3.8, 4) is 5.75 Å². The van der Waals surface area contributed by atoms with Crippen molar-refractivity contribution in [3.05, 3.63) is 45.4 Å². The second kappa shape index (κ2) is 7.49. The highest BCUT2D eigenvalue weighted by atomic mass is 127. The van der Waals surface area contributed by atoms with Gasteiger partial charge in [-0.1, -0.05) is 18.1 Å². The number of ether oxygens (including phenoxy) is 1. The second-order valence-electron chi connectivity index (χ2n) is 4.21. The molecule has 2 rings (SSSR count). The van der Waals surface area contributed by atoms with Crippen LogP contribution in [-0.2, 0) is 13.2 Å². The number of nitrogens with one attached hydrogen (secondary N) is 1. The van der Waals surface area contributed by atoms with Crippen LogP contribution in [0.15, 0.2) is 34.9 Å². The molecule has 5 heteroatoms. The third-order valence-corrected chi connectivity index (χ3v) is 3.19. The number of hydrogen-bond acceptors (Lipinski definition) is 4. The van der Waals surface area contributed by atoms with Gasteiger partial charge in [0.25, 0.3) is 0 Å². The molecule has 1 heterocycles. The van der Waals surface area contributed by atoms with E-state index in [9.17, 15) is 0 Å². The summed E-state index contributed by atoms with van der Waals surface area (Å²) in [6.07, 6.45) is 1.11. The average Bonchev–Trinajstić information content (AvgIpc) is 2.85. The molecule has 102 valence electrons. The molecule has 1 aromatic heterocycles. The van der Waals surface area contributed by atoms with Crippen LogP contribution < -0.4 is 10.1 Å². The van der Waals surface area contributed by atoms with Gasteiger partial charge in [-0.2, -0.15) is 0 Å². The second-order valence-corrected chi connectivity index (χ2v) is 5.45. The van der Waals surface area contributed by atoms with E-state index in [0.717, 1.165) is 40.3 Å². The van der Waals surface area contributed by atoms with Crippen LogP contribution in [0.25, 0.3) is 0 Å². The van der Waals surface area contributed by atoms with Gasteiger partial charge in [-0.3, -0.25) is 0 Å². The van der Waals surface area contributed by atoms with Crippen LogP contribution in [0.2, 0.25) is 0 Å².